The van der Waals surface area contributed by atoms with Crippen LogP contribution >= 0.6 is 0 Å². The number of nitrogens with one attached hydrogen (secondary N) is 1. The Labute approximate surface area is 227 Å². The van der Waals surface area contributed by atoms with Gasteiger partial charge in [0.2, 0.25) is 0 Å². The van der Waals surface area contributed by atoms with Gasteiger partial charge in [-0.15, -0.1) is 0 Å². The van der Waals surface area contributed by atoms with Crippen LogP contribution in [0.1, 0.15) is 32.3 Å². The number of nitrogens with zero attached hydrogens (tertiary/aromatic N) is 3. The number of oxazole rings is 1. The van der Waals surface area contributed by atoms with E-state index in [1.54, 1.807) is 12.1 Å². The molecule has 10 heteroatoms. The molecule has 39 heavy (non-hydrogen) atoms. The van der Waals surface area contributed by atoms with Crippen molar-refractivity contribution in [2.75, 3.05) is 37.8 Å². The largest absolute Gasteiger partial charge is 0.492 e. The molecule has 0 radical (unpaired) electrons. The normalized spacial score (nSPS) is 13.9. The lowest BCUT2D eigenvalue weighted by atomic mass is 10.0. The van der Waals surface area contributed by atoms with Crippen LogP contribution in [0.3, 0.4) is 0 Å². The fourth-order valence-electron chi connectivity index (χ4n) is 4.95. The van der Waals surface area contributed by atoms with E-state index in [1.807, 2.05) is 49.0 Å². The van der Waals surface area contributed by atoms with E-state index in [2.05, 4.69) is 22.3 Å². The number of hydrogen-bond donors (Lipinski definition) is 2. The number of aromatic nitrogens is 2. The van der Waals surface area contributed by atoms with E-state index in [1.165, 1.54) is 0 Å². The lowest BCUT2D eigenvalue weighted by molar-refractivity contribution is -0.139. The average Bonchev–Trinajstić information content (AvgIpc) is 3.62. The standard InChI is InChI=1S/C29H34N4O6/c1-3-36-24-16-20(17-25(37-4-2)27(24)32-14-5-6-15-32)18-33(21-10-12-30-13-11-21)29-31-22-8-7-9-23(28(22)39-29)38-19-26(34)35/h5-9,14-17,21,30H,3-4,10-13,18-19H2,1-2H3,(H,34,35). The highest BCUT2D eigenvalue weighted by Crippen LogP contribution is 2.37. The van der Waals surface area contributed by atoms with Crippen molar-refractivity contribution < 1.29 is 28.5 Å². The Morgan fingerprint density at radius 1 is 1.05 bits per heavy atom. The Morgan fingerprint density at radius 3 is 2.38 bits per heavy atom. The summed E-state index contributed by atoms with van der Waals surface area (Å²) in [5, 5.41) is 12.5. The highest BCUT2D eigenvalue weighted by Gasteiger charge is 2.27. The van der Waals surface area contributed by atoms with Gasteiger partial charge in [-0.05, 0) is 81.7 Å². The fraction of sp³-hybridized carbons (Fsp3) is 0.379. The van der Waals surface area contributed by atoms with E-state index in [0.29, 0.717) is 42.6 Å². The topological polar surface area (TPSA) is 111 Å². The van der Waals surface area contributed by atoms with Crippen LogP contribution in [0, 0.1) is 0 Å². The van der Waals surface area contributed by atoms with Crippen molar-refractivity contribution in [3.8, 4) is 22.9 Å². The van der Waals surface area contributed by atoms with Crippen molar-refractivity contribution in [1.29, 1.82) is 0 Å². The molecular weight excluding hydrogens is 500 g/mol. The summed E-state index contributed by atoms with van der Waals surface area (Å²) in [6.07, 6.45) is 5.81. The molecule has 1 aliphatic heterocycles. The first-order chi connectivity index (χ1) is 19.1. The number of ether oxygens (including phenoxy) is 3. The predicted octanol–water partition coefficient (Wildman–Crippen LogP) is 4.64. The van der Waals surface area contributed by atoms with E-state index in [4.69, 9.17) is 28.7 Å². The first-order valence-corrected chi connectivity index (χ1v) is 13.3. The molecule has 2 aromatic carbocycles. The van der Waals surface area contributed by atoms with Crippen molar-refractivity contribution in [3.05, 3.63) is 60.4 Å². The molecule has 4 aromatic rings. The summed E-state index contributed by atoms with van der Waals surface area (Å²) in [5.74, 6) is 0.776. The molecule has 0 bridgehead atoms. The number of hydrogen-bond acceptors (Lipinski definition) is 8. The molecule has 0 amide bonds. The van der Waals surface area contributed by atoms with Gasteiger partial charge < -0.3 is 38.5 Å². The van der Waals surface area contributed by atoms with Crippen LogP contribution in [-0.4, -0.2) is 59.6 Å². The number of anilines is 1. The number of carboxylic acids is 1. The summed E-state index contributed by atoms with van der Waals surface area (Å²) in [6, 6.07) is 14.0. The van der Waals surface area contributed by atoms with Crippen molar-refractivity contribution in [1.82, 2.24) is 14.9 Å². The molecule has 2 aromatic heterocycles. The maximum atomic E-state index is 11.1. The minimum atomic E-state index is -1.05. The zero-order valence-electron chi connectivity index (χ0n) is 22.3. The van der Waals surface area contributed by atoms with Crippen LogP contribution in [0.2, 0.25) is 0 Å². The average molecular weight is 535 g/mol. The van der Waals surface area contributed by atoms with Gasteiger partial charge in [-0.25, -0.2) is 4.79 Å². The van der Waals surface area contributed by atoms with Gasteiger partial charge in [-0.1, -0.05) is 6.07 Å². The van der Waals surface area contributed by atoms with Crippen LogP contribution < -0.4 is 24.4 Å². The Bertz CT molecular complexity index is 1370. The third-order valence-corrected chi connectivity index (χ3v) is 6.63. The molecule has 0 unspecified atom stereocenters. The molecule has 2 N–H and O–H groups in total. The Morgan fingerprint density at radius 2 is 1.74 bits per heavy atom. The second-order valence-corrected chi connectivity index (χ2v) is 9.29. The third-order valence-electron chi connectivity index (χ3n) is 6.63. The number of fused-ring (bicyclic) bond motifs is 1. The number of piperidine rings is 1. The molecule has 206 valence electrons. The van der Waals surface area contributed by atoms with E-state index in [-0.39, 0.29) is 6.04 Å². The van der Waals surface area contributed by atoms with E-state index in [0.717, 1.165) is 48.7 Å². The van der Waals surface area contributed by atoms with Crippen LogP contribution in [0.25, 0.3) is 16.8 Å². The Hall–Kier alpha value is -4.18. The molecule has 0 saturated carbocycles. The second kappa shape index (κ2) is 12.1. The van der Waals surface area contributed by atoms with Crippen molar-refractivity contribution in [3.63, 3.8) is 0 Å². The summed E-state index contributed by atoms with van der Waals surface area (Å²) >= 11 is 0. The van der Waals surface area contributed by atoms with Gasteiger partial charge in [-0.2, -0.15) is 4.98 Å². The highest BCUT2D eigenvalue weighted by molar-refractivity contribution is 5.81. The lowest BCUT2D eigenvalue weighted by Gasteiger charge is -2.34. The smallest absolute Gasteiger partial charge is 0.341 e. The molecule has 1 fully saturated rings. The summed E-state index contributed by atoms with van der Waals surface area (Å²) in [4.78, 5) is 18.0. The number of carboxylic acid groups (broad SMARTS) is 1. The van der Waals surface area contributed by atoms with Gasteiger partial charge in [0.15, 0.2) is 17.9 Å². The molecule has 5 rings (SSSR count). The van der Waals surface area contributed by atoms with Gasteiger partial charge in [-0.3, -0.25) is 0 Å². The molecule has 10 nitrogen and oxygen atoms in total. The summed E-state index contributed by atoms with van der Waals surface area (Å²) < 4.78 is 25.9. The fourth-order valence-corrected chi connectivity index (χ4v) is 4.95. The van der Waals surface area contributed by atoms with Gasteiger partial charge in [0, 0.05) is 25.0 Å². The van der Waals surface area contributed by atoms with Crippen LogP contribution in [-0.2, 0) is 11.3 Å². The van der Waals surface area contributed by atoms with Gasteiger partial charge in [0.05, 0.1) is 13.2 Å². The molecule has 1 saturated heterocycles. The molecular formula is C29H34N4O6. The number of aliphatic carboxylic acids is 1. The first-order valence-electron chi connectivity index (χ1n) is 13.3. The zero-order valence-corrected chi connectivity index (χ0v) is 22.3. The number of benzene rings is 2. The van der Waals surface area contributed by atoms with Gasteiger partial charge in [0.25, 0.3) is 6.01 Å². The molecule has 3 heterocycles. The van der Waals surface area contributed by atoms with Crippen LogP contribution in [0.15, 0.2) is 59.3 Å². The highest BCUT2D eigenvalue weighted by atomic mass is 16.5. The summed E-state index contributed by atoms with van der Waals surface area (Å²) in [5.41, 5.74) is 2.91. The monoisotopic (exact) mass is 534 g/mol. The Balaban J connectivity index is 1.55. The maximum Gasteiger partial charge on any atom is 0.341 e. The summed E-state index contributed by atoms with van der Waals surface area (Å²) in [7, 11) is 0. The SMILES string of the molecule is CCOc1cc(CN(c2nc3cccc(OCC(=O)O)c3o2)C2CCNCC2)cc(OCC)c1-n1cccc1. The molecule has 0 atom stereocenters. The summed E-state index contributed by atoms with van der Waals surface area (Å²) in [6.45, 7) is 6.84. The maximum absolute atomic E-state index is 11.1. The minimum Gasteiger partial charge on any atom is -0.492 e. The zero-order chi connectivity index (χ0) is 27.2. The first kappa shape index (κ1) is 26.4. The van der Waals surface area contributed by atoms with Gasteiger partial charge in [0.1, 0.15) is 22.7 Å². The quantitative estimate of drug-likeness (QED) is 0.269. The van der Waals surface area contributed by atoms with Crippen LogP contribution in [0.4, 0.5) is 6.01 Å². The van der Waals surface area contributed by atoms with E-state index < -0.39 is 12.6 Å². The van der Waals surface area contributed by atoms with Crippen molar-refractivity contribution in [2.24, 2.45) is 0 Å². The number of carbonyl (C=O) groups is 1. The van der Waals surface area contributed by atoms with Crippen molar-refractivity contribution in [2.45, 2.75) is 39.3 Å². The Kier molecular flexibility index (Phi) is 8.21. The minimum absolute atomic E-state index is 0.193. The predicted molar refractivity (Wildman–Crippen MR) is 147 cm³/mol. The van der Waals surface area contributed by atoms with Gasteiger partial charge >= 0.3 is 5.97 Å². The second-order valence-electron chi connectivity index (χ2n) is 9.29. The molecule has 1 aliphatic rings. The van der Waals surface area contributed by atoms with E-state index in [9.17, 15) is 4.79 Å². The number of rotatable bonds is 12. The number of para-hydroxylation sites is 1. The van der Waals surface area contributed by atoms with Crippen molar-refractivity contribution >= 4 is 23.1 Å². The molecule has 0 aliphatic carbocycles. The lowest BCUT2D eigenvalue weighted by Crippen LogP contribution is -2.43. The molecule has 0 spiro atoms. The van der Waals surface area contributed by atoms with Crippen LogP contribution in [0.5, 0.6) is 17.2 Å². The van der Waals surface area contributed by atoms with E-state index >= 15 is 0 Å². The third kappa shape index (κ3) is 5.96.